The second kappa shape index (κ2) is 5.69. The van der Waals surface area contributed by atoms with E-state index >= 15 is 0 Å². The Morgan fingerprint density at radius 1 is 1.00 bits per heavy atom. The average Bonchev–Trinajstić information content (AvgIpc) is 2.81. The van der Waals surface area contributed by atoms with Crippen LogP contribution in [-0.4, -0.2) is 29.1 Å². The monoisotopic (exact) mass is 254 g/mol. The molecule has 2 saturated carbocycles. The molecule has 0 spiro atoms. The van der Waals surface area contributed by atoms with E-state index in [9.17, 15) is 9.59 Å². The zero-order valence-electron chi connectivity index (χ0n) is 10.6. The lowest BCUT2D eigenvalue weighted by Gasteiger charge is -2.28. The number of hydrogen-bond acceptors (Lipinski definition) is 3. The standard InChI is InChI=1S/C13H22N2O3/c14-8-4-6-9(7-5-8)15-12(16)10-2-1-3-11(10)13(17)18/h8-11H,1-7,14H2,(H,15,16)(H,17,18). The third-order valence-corrected chi connectivity index (χ3v) is 4.29. The summed E-state index contributed by atoms with van der Waals surface area (Å²) in [4.78, 5) is 23.2. The third kappa shape index (κ3) is 3.02. The van der Waals surface area contributed by atoms with Gasteiger partial charge in [0.15, 0.2) is 0 Å². The molecule has 0 heterocycles. The van der Waals surface area contributed by atoms with Crippen LogP contribution in [0.1, 0.15) is 44.9 Å². The first-order valence-electron chi connectivity index (χ1n) is 6.86. The molecule has 2 unspecified atom stereocenters. The molecule has 1 amide bonds. The second-order valence-corrected chi connectivity index (χ2v) is 5.60. The lowest BCUT2D eigenvalue weighted by molar-refractivity contribution is -0.146. The Balaban J connectivity index is 1.86. The predicted octanol–water partition coefficient (Wildman–Crippen LogP) is 0.873. The summed E-state index contributed by atoms with van der Waals surface area (Å²) in [6.07, 6.45) is 5.88. The molecule has 2 fully saturated rings. The molecule has 4 N–H and O–H groups in total. The van der Waals surface area contributed by atoms with Crippen LogP contribution in [0.4, 0.5) is 0 Å². The Hall–Kier alpha value is -1.10. The van der Waals surface area contributed by atoms with Crippen LogP contribution < -0.4 is 11.1 Å². The van der Waals surface area contributed by atoms with Gasteiger partial charge in [-0.1, -0.05) is 6.42 Å². The SMILES string of the molecule is NC1CCC(NC(=O)C2CCCC2C(=O)O)CC1. The molecular formula is C13H22N2O3. The van der Waals surface area contributed by atoms with Crippen molar-refractivity contribution in [1.29, 1.82) is 0 Å². The molecule has 2 aliphatic carbocycles. The van der Waals surface area contributed by atoms with E-state index < -0.39 is 11.9 Å². The maximum Gasteiger partial charge on any atom is 0.307 e. The van der Waals surface area contributed by atoms with Gasteiger partial charge in [-0.3, -0.25) is 9.59 Å². The van der Waals surface area contributed by atoms with E-state index in [4.69, 9.17) is 10.8 Å². The summed E-state index contributed by atoms with van der Waals surface area (Å²) in [5.41, 5.74) is 5.82. The molecule has 0 aliphatic heterocycles. The van der Waals surface area contributed by atoms with Crippen molar-refractivity contribution in [3.8, 4) is 0 Å². The van der Waals surface area contributed by atoms with Crippen molar-refractivity contribution < 1.29 is 14.7 Å². The molecule has 0 aromatic heterocycles. The molecule has 0 aromatic rings. The minimum Gasteiger partial charge on any atom is -0.481 e. The zero-order valence-corrected chi connectivity index (χ0v) is 10.6. The molecule has 2 rings (SSSR count). The van der Waals surface area contributed by atoms with Crippen LogP contribution in [0, 0.1) is 11.8 Å². The number of carbonyl (C=O) groups excluding carboxylic acids is 1. The highest BCUT2D eigenvalue weighted by atomic mass is 16.4. The third-order valence-electron chi connectivity index (χ3n) is 4.29. The van der Waals surface area contributed by atoms with Gasteiger partial charge < -0.3 is 16.2 Å². The number of carboxylic acids is 1. The molecule has 2 aliphatic rings. The van der Waals surface area contributed by atoms with Gasteiger partial charge in [0.25, 0.3) is 0 Å². The summed E-state index contributed by atoms with van der Waals surface area (Å²) < 4.78 is 0. The van der Waals surface area contributed by atoms with Crippen LogP contribution in [0.25, 0.3) is 0 Å². The van der Waals surface area contributed by atoms with Crippen molar-refractivity contribution in [3.63, 3.8) is 0 Å². The van der Waals surface area contributed by atoms with Crippen LogP contribution in [-0.2, 0) is 9.59 Å². The maximum absolute atomic E-state index is 12.1. The summed E-state index contributed by atoms with van der Waals surface area (Å²) in [5.74, 6) is -1.73. The van der Waals surface area contributed by atoms with E-state index in [1.54, 1.807) is 0 Å². The lowest BCUT2D eigenvalue weighted by atomic mass is 9.90. The highest BCUT2D eigenvalue weighted by Gasteiger charge is 2.38. The number of amides is 1. The van der Waals surface area contributed by atoms with Crippen LogP contribution >= 0.6 is 0 Å². The van der Waals surface area contributed by atoms with Gasteiger partial charge in [-0.25, -0.2) is 0 Å². The minimum absolute atomic E-state index is 0.0691. The molecule has 18 heavy (non-hydrogen) atoms. The van der Waals surface area contributed by atoms with Crippen LogP contribution in [0.3, 0.4) is 0 Å². The van der Waals surface area contributed by atoms with Gasteiger partial charge in [-0.05, 0) is 38.5 Å². The molecule has 5 nitrogen and oxygen atoms in total. The number of rotatable bonds is 3. The fraction of sp³-hybridized carbons (Fsp3) is 0.846. The van der Waals surface area contributed by atoms with Crippen molar-refractivity contribution in [2.45, 2.75) is 57.0 Å². The summed E-state index contributed by atoms with van der Waals surface area (Å²) >= 11 is 0. The lowest BCUT2D eigenvalue weighted by Crippen LogP contribution is -2.44. The first kappa shape index (κ1) is 13.3. The van der Waals surface area contributed by atoms with Crippen molar-refractivity contribution in [2.24, 2.45) is 17.6 Å². The van der Waals surface area contributed by atoms with Gasteiger partial charge in [-0.2, -0.15) is 0 Å². The summed E-state index contributed by atoms with van der Waals surface area (Å²) in [6, 6.07) is 0.448. The molecule has 0 radical (unpaired) electrons. The van der Waals surface area contributed by atoms with E-state index in [0.29, 0.717) is 12.8 Å². The number of carboxylic acid groups (broad SMARTS) is 1. The van der Waals surface area contributed by atoms with Crippen molar-refractivity contribution >= 4 is 11.9 Å². The number of nitrogens with two attached hydrogens (primary N) is 1. The Morgan fingerprint density at radius 2 is 1.61 bits per heavy atom. The maximum atomic E-state index is 12.1. The largest absolute Gasteiger partial charge is 0.481 e. The van der Waals surface area contributed by atoms with E-state index in [2.05, 4.69) is 5.32 Å². The summed E-state index contributed by atoms with van der Waals surface area (Å²) in [5, 5.41) is 12.1. The Bertz CT molecular complexity index is 324. The molecular weight excluding hydrogens is 232 g/mol. The van der Waals surface area contributed by atoms with E-state index in [1.807, 2.05) is 0 Å². The second-order valence-electron chi connectivity index (χ2n) is 5.60. The average molecular weight is 254 g/mol. The summed E-state index contributed by atoms with van der Waals surface area (Å²) in [6.45, 7) is 0. The Labute approximate surface area is 107 Å². The van der Waals surface area contributed by atoms with Crippen LogP contribution in [0.5, 0.6) is 0 Å². The van der Waals surface area contributed by atoms with Gasteiger partial charge in [0.2, 0.25) is 5.91 Å². The van der Waals surface area contributed by atoms with Gasteiger partial charge in [0.05, 0.1) is 11.8 Å². The summed E-state index contributed by atoms with van der Waals surface area (Å²) in [7, 11) is 0. The number of aliphatic carboxylic acids is 1. The normalized spacial score (nSPS) is 36.3. The van der Waals surface area contributed by atoms with E-state index in [-0.39, 0.29) is 23.9 Å². The Morgan fingerprint density at radius 3 is 2.22 bits per heavy atom. The van der Waals surface area contributed by atoms with Gasteiger partial charge >= 0.3 is 5.97 Å². The quantitative estimate of drug-likeness (QED) is 0.697. The fourth-order valence-electron chi connectivity index (χ4n) is 3.14. The first-order valence-corrected chi connectivity index (χ1v) is 6.86. The molecule has 2 atom stereocenters. The number of nitrogens with one attached hydrogen (secondary N) is 1. The highest BCUT2D eigenvalue weighted by Crippen LogP contribution is 2.32. The predicted molar refractivity (Wildman–Crippen MR) is 66.8 cm³/mol. The topological polar surface area (TPSA) is 92.4 Å². The first-order chi connectivity index (χ1) is 8.58. The molecule has 5 heteroatoms. The molecule has 0 bridgehead atoms. The fourth-order valence-corrected chi connectivity index (χ4v) is 3.14. The van der Waals surface area contributed by atoms with Crippen molar-refractivity contribution in [1.82, 2.24) is 5.32 Å². The Kier molecular flexibility index (Phi) is 4.22. The molecule has 0 saturated heterocycles. The smallest absolute Gasteiger partial charge is 0.307 e. The minimum atomic E-state index is -0.835. The molecule has 102 valence electrons. The van der Waals surface area contributed by atoms with Gasteiger partial charge in [0, 0.05) is 12.1 Å². The molecule has 0 aromatic carbocycles. The zero-order chi connectivity index (χ0) is 13.1. The van der Waals surface area contributed by atoms with E-state index in [0.717, 1.165) is 32.1 Å². The number of hydrogen-bond donors (Lipinski definition) is 3. The van der Waals surface area contributed by atoms with Gasteiger partial charge in [0.1, 0.15) is 0 Å². The van der Waals surface area contributed by atoms with Gasteiger partial charge in [-0.15, -0.1) is 0 Å². The van der Waals surface area contributed by atoms with Crippen molar-refractivity contribution in [3.05, 3.63) is 0 Å². The van der Waals surface area contributed by atoms with Crippen LogP contribution in [0.15, 0.2) is 0 Å². The highest BCUT2D eigenvalue weighted by molar-refractivity contribution is 5.85. The number of carbonyl (C=O) groups is 2. The van der Waals surface area contributed by atoms with E-state index in [1.165, 1.54) is 0 Å². The van der Waals surface area contributed by atoms with Crippen molar-refractivity contribution in [2.75, 3.05) is 0 Å². The van der Waals surface area contributed by atoms with Crippen LogP contribution in [0.2, 0.25) is 0 Å².